The minimum absolute atomic E-state index is 0.0739. The van der Waals surface area contributed by atoms with E-state index in [0.717, 1.165) is 12.8 Å². The summed E-state index contributed by atoms with van der Waals surface area (Å²) >= 11 is 0. The van der Waals surface area contributed by atoms with Crippen molar-refractivity contribution in [2.24, 2.45) is 0 Å². The van der Waals surface area contributed by atoms with Gasteiger partial charge in [0, 0.05) is 28.7 Å². The minimum atomic E-state index is -0.315. The molecule has 1 aliphatic rings. The number of aromatic amines is 1. The highest BCUT2D eigenvalue weighted by atomic mass is 16.2. The molecular formula is C19H22N4O3. The smallest absolute Gasteiger partial charge is 0.319 e. The molecule has 3 rings (SSSR count). The number of ketones is 1. The molecule has 4 N–H and O–H groups in total. The van der Waals surface area contributed by atoms with Crippen LogP contribution in [0, 0.1) is 13.8 Å². The van der Waals surface area contributed by atoms with E-state index in [2.05, 4.69) is 20.9 Å². The highest BCUT2D eigenvalue weighted by Crippen LogP contribution is 2.21. The van der Waals surface area contributed by atoms with Crippen molar-refractivity contribution in [1.29, 1.82) is 0 Å². The van der Waals surface area contributed by atoms with Gasteiger partial charge >= 0.3 is 6.03 Å². The van der Waals surface area contributed by atoms with Gasteiger partial charge in [-0.05, 0) is 63.4 Å². The number of aromatic nitrogens is 1. The lowest BCUT2D eigenvalue weighted by Crippen LogP contribution is -2.30. The van der Waals surface area contributed by atoms with Crippen LogP contribution in [0.2, 0.25) is 0 Å². The zero-order valence-corrected chi connectivity index (χ0v) is 15.0. The van der Waals surface area contributed by atoms with Crippen molar-refractivity contribution in [3.8, 4) is 0 Å². The number of nitrogens with one attached hydrogen (secondary N) is 4. The highest BCUT2D eigenvalue weighted by Gasteiger charge is 2.23. The Kier molecular flexibility index (Phi) is 4.79. The second kappa shape index (κ2) is 7.03. The lowest BCUT2D eigenvalue weighted by atomic mass is 10.1. The van der Waals surface area contributed by atoms with Crippen LogP contribution in [0.5, 0.6) is 0 Å². The van der Waals surface area contributed by atoms with E-state index >= 15 is 0 Å². The Morgan fingerprint density at radius 2 is 1.58 bits per heavy atom. The summed E-state index contributed by atoms with van der Waals surface area (Å²) < 4.78 is 0. The van der Waals surface area contributed by atoms with Gasteiger partial charge in [-0.15, -0.1) is 0 Å². The summed E-state index contributed by atoms with van der Waals surface area (Å²) in [5, 5.41) is 8.39. The van der Waals surface area contributed by atoms with Crippen LogP contribution in [0.15, 0.2) is 24.3 Å². The molecule has 1 aromatic heterocycles. The van der Waals surface area contributed by atoms with Gasteiger partial charge in [0.25, 0.3) is 5.91 Å². The van der Waals surface area contributed by atoms with Crippen molar-refractivity contribution >= 4 is 29.1 Å². The van der Waals surface area contributed by atoms with Crippen molar-refractivity contribution in [3.63, 3.8) is 0 Å². The molecule has 3 amide bonds. The Hall–Kier alpha value is -3.09. The summed E-state index contributed by atoms with van der Waals surface area (Å²) in [6.45, 7) is 5.00. The third kappa shape index (κ3) is 3.93. The Bertz CT molecular complexity index is 864. The molecular weight excluding hydrogens is 332 g/mol. The van der Waals surface area contributed by atoms with Gasteiger partial charge in [-0.25, -0.2) is 4.79 Å². The van der Waals surface area contributed by atoms with Gasteiger partial charge in [-0.1, -0.05) is 0 Å². The highest BCUT2D eigenvalue weighted by molar-refractivity contribution is 6.07. The van der Waals surface area contributed by atoms with E-state index in [4.69, 9.17) is 0 Å². The van der Waals surface area contributed by atoms with Gasteiger partial charge in [0.05, 0.1) is 0 Å². The van der Waals surface area contributed by atoms with Crippen molar-refractivity contribution in [2.75, 3.05) is 10.6 Å². The second-order valence-electron chi connectivity index (χ2n) is 6.59. The number of rotatable bonds is 5. The Morgan fingerprint density at radius 3 is 2.08 bits per heavy atom. The first-order chi connectivity index (χ1) is 12.3. The molecule has 0 saturated heterocycles. The fraction of sp³-hybridized carbons (Fsp3) is 0.316. The van der Waals surface area contributed by atoms with Gasteiger partial charge < -0.3 is 20.9 Å². The number of Topliss-reactive ketones (excluding diaryl/α,β-unsaturated/α-hetero) is 1. The molecule has 0 aliphatic heterocycles. The molecule has 7 heteroatoms. The first-order valence-corrected chi connectivity index (χ1v) is 8.54. The number of carbonyl (C=O) groups is 3. The molecule has 1 fully saturated rings. The van der Waals surface area contributed by atoms with Gasteiger partial charge in [0.15, 0.2) is 5.78 Å². The maximum atomic E-state index is 12.5. The van der Waals surface area contributed by atoms with Crippen LogP contribution >= 0.6 is 0 Å². The van der Waals surface area contributed by atoms with Crippen molar-refractivity contribution in [1.82, 2.24) is 10.3 Å². The van der Waals surface area contributed by atoms with Crippen LogP contribution in [0.4, 0.5) is 16.2 Å². The first kappa shape index (κ1) is 17.7. The van der Waals surface area contributed by atoms with Gasteiger partial charge in [0.2, 0.25) is 0 Å². The molecule has 0 spiro atoms. The maximum Gasteiger partial charge on any atom is 0.319 e. The zero-order valence-electron chi connectivity index (χ0n) is 15.0. The molecule has 7 nitrogen and oxygen atoms in total. The molecule has 2 aromatic rings. The third-order valence-electron chi connectivity index (χ3n) is 4.33. The number of aryl methyl sites for hydroxylation is 1. The average Bonchev–Trinajstić information content (AvgIpc) is 3.32. The summed E-state index contributed by atoms with van der Waals surface area (Å²) in [5.41, 5.74) is 3.49. The van der Waals surface area contributed by atoms with Crippen LogP contribution in [0.25, 0.3) is 0 Å². The number of H-pyrrole nitrogens is 1. The largest absolute Gasteiger partial charge is 0.354 e. The van der Waals surface area contributed by atoms with Crippen LogP contribution in [-0.2, 0) is 0 Å². The van der Waals surface area contributed by atoms with E-state index in [-0.39, 0.29) is 17.7 Å². The molecule has 0 bridgehead atoms. The van der Waals surface area contributed by atoms with E-state index < -0.39 is 0 Å². The van der Waals surface area contributed by atoms with Crippen molar-refractivity contribution < 1.29 is 14.4 Å². The van der Waals surface area contributed by atoms with Crippen LogP contribution < -0.4 is 16.0 Å². The van der Waals surface area contributed by atoms with Crippen LogP contribution in [0.1, 0.15) is 51.9 Å². The Morgan fingerprint density at radius 1 is 1.00 bits per heavy atom. The molecule has 136 valence electrons. The molecule has 1 saturated carbocycles. The summed E-state index contributed by atoms with van der Waals surface area (Å²) in [4.78, 5) is 38.9. The van der Waals surface area contributed by atoms with E-state index in [1.54, 1.807) is 38.1 Å². The average molecular weight is 354 g/mol. The topological polar surface area (TPSA) is 103 Å². The standard InChI is InChI=1S/C19H22N4O3/c1-10-16(12(3)24)11(2)20-17(10)18(25)21-13-4-6-14(7-5-13)22-19(26)23-15-8-9-15/h4-7,15,20H,8-9H2,1-3H3,(H,21,25)(H2,22,23,26). The molecule has 0 atom stereocenters. The van der Waals surface area contributed by atoms with Gasteiger partial charge in [0.1, 0.15) is 5.69 Å². The summed E-state index contributed by atoms with van der Waals surface area (Å²) in [6, 6.07) is 6.93. The number of benzene rings is 1. The SMILES string of the molecule is CC(=O)c1c(C)[nH]c(C(=O)Nc2ccc(NC(=O)NC3CC3)cc2)c1C. The predicted molar refractivity (Wildman–Crippen MR) is 99.8 cm³/mol. The number of anilines is 2. The minimum Gasteiger partial charge on any atom is -0.354 e. The number of urea groups is 1. The molecule has 1 heterocycles. The van der Waals surface area contributed by atoms with E-state index in [1.165, 1.54) is 6.92 Å². The zero-order chi connectivity index (χ0) is 18.8. The molecule has 1 aromatic carbocycles. The number of hydrogen-bond acceptors (Lipinski definition) is 3. The summed E-state index contributed by atoms with van der Waals surface area (Å²) in [7, 11) is 0. The van der Waals surface area contributed by atoms with E-state index in [1.807, 2.05) is 0 Å². The van der Waals surface area contributed by atoms with Gasteiger partial charge in [-0.3, -0.25) is 9.59 Å². The van der Waals surface area contributed by atoms with Crippen molar-refractivity contribution in [3.05, 3.63) is 46.8 Å². The monoisotopic (exact) mass is 354 g/mol. The molecule has 1 aliphatic carbocycles. The Balaban J connectivity index is 1.65. The van der Waals surface area contributed by atoms with E-state index in [9.17, 15) is 14.4 Å². The van der Waals surface area contributed by atoms with Crippen LogP contribution in [0.3, 0.4) is 0 Å². The molecule has 0 radical (unpaired) electrons. The van der Waals surface area contributed by atoms with Crippen molar-refractivity contribution in [2.45, 2.75) is 39.7 Å². The van der Waals surface area contributed by atoms with Crippen LogP contribution in [-0.4, -0.2) is 28.7 Å². The quantitative estimate of drug-likeness (QED) is 0.619. The fourth-order valence-corrected chi connectivity index (χ4v) is 2.92. The number of carbonyl (C=O) groups excluding carboxylic acids is 3. The Labute approximate surface area is 151 Å². The third-order valence-corrected chi connectivity index (χ3v) is 4.33. The predicted octanol–water partition coefficient (Wildman–Crippen LogP) is 3.37. The van der Waals surface area contributed by atoms with E-state index in [0.29, 0.717) is 39.9 Å². The fourth-order valence-electron chi connectivity index (χ4n) is 2.92. The number of amides is 3. The maximum absolute atomic E-state index is 12.5. The summed E-state index contributed by atoms with van der Waals surface area (Å²) in [5.74, 6) is -0.388. The number of hydrogen-bond donors (Lipinski definition) is 4. The molecule has 0 unspecified atom stereocenters. The second-order valence-corrected chi connectivity index (χ2v) is 6.59. The van der Waals surface area contributed by atoms with Gasteiger partial charge in [-0.2, -0.15) is 0 Å². The lowest BCUT2D eigenvalue weighted by molar-refractivity contribution is 0.101. The lowest BCUT2D eigenvalue weighted by Gasteiger charge is -2.08. The first-order valence-electron chi connectivity index (χ1n) is 8.54. The normalized spacial score (nSPS) is 13.2. The summed E-state index contributed by atoms with van der Waals surface area (Å²) in [6.07, 6.45) is 2.06. The molecule has 26 heavy (non-hydrogen) atoms.